The highest BCUT2D eigenvalue weighted by Crippen LogP contribution is 2.37. The minimum atomic E-state index is -0.453. The van der Waals surface area contributed by atoms with E-state index in [0.29, 0.717) is 52.6 Å². The first-order valence-corrected chi connectivity index (χ1v) is 11.0. The molecule has 1 aliphatic heterocycles. The van der Waals surface area contributed by atoms with E-state index in [2.05, 4.69) is 19.9 Å². The molecule has 3 aromatic heterocycles. The Morgan fingerprint density at radius 2 is 2.03 bits per heavy atom. The van der Waals surface area contributed by atoms with Crippen LogP contribution in [0.15, 0.2) is 48.8 Å². The molecule has 0 aliphatic carbocycles. The van der Waals surface area contributed by atoms with Crippen molar-refractivity contribution in [1.29, 1.82) is 0 Å². The van der Waals surface area contributed by atoms with E-state index in [0.717, 1.165) is 23.6 Å². The first kappa shape index (κ1) is 20.3. The van der Waals surface area contributed by atoms with Crippen molar-refractivity contribution in [1.82, 2.24) is 24.6 Å². The first-order chi connectivity index (χ1) is 16.5. The molecule has 1 saturated heterocycles. The van der Waals surface area contributed by atoms with Gasteiger partial charge in [-0.1, -0.05) is 0 Å². The molecule has 1 atom stereocenters. The van der Waals surface area contributed by atoms with Crippen LogP contribution < -0.4 is 4.90 Å². The fraction of sp³-hybridized carbons (Fsp3) is 0.200. The molecule has 1 N–H and O–H groups in total. The lowest BCUT2D eigenvalue weighted by atomic mass is 10.0. The van der Waals surface area contributed by atoms with E-state index in [1.54, 1.807) is 16.8 Å². The van der Waals surface area contributed by atoms with E-state index in [1.807, 2.05) is 30.2 Å². The first-order valence-electron chi connectivity index (χ1n) is 11.0. The number of nitrogens with zero attached hydrogens (tertiary/aromatic N) is 6. The third-order valence-electron chi connectivity index (χ3n) is 6.39. The zero-order valence-electron chi connectivity index (χ0n) is 18.3. The molecule has 9 heteroatoms. The Labute approximate surface area is 193 Å². The van der Waals surface area contributed by atoms with Crippen molar-refractivity contribution < 1.29 is 8.78 Å². The Hall–Kier alpha value is -4.32. The van der Waals surface area contributed by atoms with E-state index in [9.17, 15) is 8.78 Å². The molecule has 168 valence electrons. The Balaban J connectivity index is 1.43. The van der Waals surface area contributed by atoms with Gasteiger partial charge in [-0.2, -0.15) is 5.10 Å². The molecule has 0 spiro atoms. The van der Waals surface area contributed by atoms with Gasteiger partial charge in [0.25, 0.3) is 0 Å². The number of rotatable bonds is 3. The van der Waals surface area contributed by atoms with Crippen LogP contribution in [0.1, 0.15) is 30.0 Å². The molecular formula is C25H19F2N7. The van der Waals surface area contributed by atoms with Crippen molar-refractivity contribution in [3.05, 3.63) is 83.0 Å². The Bertz CT molecular complexity index is 1610. The fourth-order valence-corrected chi connectivity index (χ4v) is 4.72. The lowest BCUT2D eigenvalue weighted by Gasteiger charge is -2.26. The largest absolute Gasteiger partial charge is 0.349 e. The molecule has 5 aromatic rings. The molecule has 1 aliphatic rings. The molecule has 0 bridgehead atoms. The maximum atomic E-state index is 14.5. The number of hydrogen-bond donors (Lipinski definition) is 1. The molecule has 7 nitrogen and oxygen atoms in total. The van der Waals surface area contributed by atoms with Crippen LogP contribution in [0.25, 0.3) is 32.9 Å². The molecule has 4 heterocycles. The van der Waals surface area contributed by atoms with Crippen LogP contribution in [0.2, 0.25) is 0 Å². The SMILES string of the molecule is [C-]#[N+]c1cc2nc(-c3cnn4ccc(N5CCC[C@@H]5c5cc(F)ccc5F)nc34)[nH]c2cc1C. The quantitative estimate of drug-likeness (QED) is 0.352. The predicted molar refractivity (Wildman–Crippen MR) is 125 cm³/mol. The number of nitrogens with one attached hydrogen (secondary N) is 1. The third-order valence-corrected chi connectivity index (χ3v) is 6.39. The zero-order valence-corrected chi connectivity index (χ0v) is 18.3. The smallest absolute Gasteiger partial charge is 0.192 e. The molecule has 34 heavy (non-hydrogen) atoms. The van der Waals surface area contributed by atoms with Gasteiger partial charge >= 0.3 is 0 Å². The van der Waals surface area contributed by atoms with E-state index >= 15 is 0 Å². The molecule has 2 aromatic carbocycles. The second-order valence-electron chi connectivity index (χ2n) is 8.48. The van der Waals surface area contributed by atoms with Crippen LogP contribution in [-0.4, -0.2) is 31.1 Å². The van der Waals surface area contributed by atoms with Crippen LogP contribution in [0.4, 0.5) is 20.3 Å². The van der Waals surface area contributed by atoms with Gasteiger partial charge in [-0.05, 0) is 61.7 Å². The summed E-state index contributed by atoms with van der Waals surface area (Å²) in [6.45, 7) is 9.92. The average molecular weight is 455 g/mol. The number of imidazole rings is 1. The molecule has 0 unspecified atom stereocenters. The third kappa shape index (κ3) is 3.18. The highest BCUT2D eigenvalue weighted by molar-refractivity contribution is 5.86. The van der Waals surface area contributed by atoms with Crippen molar-refractivity contribution in [2.75, 3.05) is 11.4 Å². The van der Waals surface area contributed by atoms with Crippen LogP contribution >= 0.6 is 0 Å². The van der Waals surface area contributed by atoms with E-state index in [4.69, 9.17) is 11.6 Å². The lowest BCUT2D eigenvalue weighted by molar-refractivity contribution is 0.560. The average Bonchev–Trinajstić information content (AvgIpc) is 3.57. The predicted octanol–water partition coefficient (Wildman–Crippen LogP) is 5.75. The maximum Gasteiger partial charge on any atom is 0.192 e. The van der Waals surface area contributed by atoms with Gasteiger partial charge < -0.3 is 9.88 Å². The van der Waals surface area contributed by atoms with Gasteiger partial charge in [0.2, 0.25) is 0 Å². The number of benzene rings is 2. The van der Waals surface area contributed by atoms with Crippen molar-refractivity contribution in [3.8, 4) is 11.4 Å². The maximum absolute atomic E-state index is 14.5. The molecular weight excluding hydrogens is 436 g/mol. The summed E-state index contributed by atoms with van der Waals surface area (Å²) in [6, 6.07) is 8.81. The van der Waals surface area contributed by atoms with Crippen molar-refractivity contribution >= 4 is 28.2 Å². The number of aromatic amines is 1. The highest BCUT2D eigenvalue weighted by Gasteiger charge is 2.30. The van der Waals surface area contributed by atoms with Gasteiger partial charge in [-0.25, -0.2) is 28.1 Å². The van der Waals surface area contributed by atoms with Crippen LogP contribution in [0.5, 0.6) is 0 Å². The van der Waals surface area contributed by atoms with E-state index in [-0.39, 0.29) is 6.04 Å². The molecule has 1 fully saturated rings. The van der Waals surface area contributed by atoms with Crippen LogP contribution in [0, 0.1) is 25.1 Å². The normalized spacial score (nSPS) is 15.9. The van der Waals surface area contributed by atoms with Gasteiger partial charge in [0, 0.05) is 18.3 Å². The summed E-state index contributed by atoms with van der Waals surface area (Å²) >= 11 is 0. The van der Waals surface area contributed by atoms with Gasteiger partial charge in [0.05, 0.1) is 35.4 Å². The summed E-state index contributed by atoms with van der Waals surface area (Å²) in [5.74, 6) is 0.403. The summed E-state index contributed by atoms with van der Waals surface area (Å²) in [5.41, 5.74) is 4.63. The molecule has 0 radical (unpaired) electrons. The van der Waals surface area contributed by atoms with E-state index < -0.39 is 11.6 Å². The molecule has 0 saturated carbocycles. The van der Waals surface area contributed by atoms with Gasteiger partial charge in [-0.15, -0.1) is 0 Å². The van der Waals surface area contributed by atoms with Crippen LogP contribution in [-0.2, 0) is 0 Å². The Morgan fingerprint density at radius 3 is 2.88 bits per heavy atom. The van der Waals surface area contributed by atoms with E-state index in [1.165, 1.54) is 12.1 Å². The Kier molecular flexibility index (Phi) is 4.55. The summed E-state index contributed by atoms with van der Waals surface area (Å²) in [7, 11) is 0. The number of aryl methyl sites for hydroxylation is 1. The molecule has 6 rings (SSSR count). The lowest BCUT2D eigenvalue weighted by Crippen LogP contribution is -2.24. The summed E-state index contributed by atoms with van der Waals surface area (Å²) < 4.78 is 30.0. The topological polar surface area (TPSA) is 66.5 Å². The number of aromatic nitrogens is 5. The second-order valence-corrected chi connectivity index (χ2v) is 8.48. The monoisotopic (exact) mass is 455 g/mol. The summed E-state index contributed by atoms with van der Waals surface area (Å²) in [6.07, 6.45) is 5.07. The Morgan fingerprint density at radius 1 is 1.15 bits per heavy atom. The zero-order chi connectivity index (χ0) is 23.4. The van der Waals surface area contributed by atoms with Crippen molar-refractivity contribution in [2.45, 2.75) is 25.8 Å². The van der Waals surface area contributed by atoms with Gasteiger partial charge in [0.15, 0.2) is 11.3 Å². The number of hydrogen-bond acceptors (Lipinski definition) is 4. The number of fused-ring (bicyclic) bond motifs is 2. The number of halogens is 2. The highest BCUT2D eigenvalue weighted by atomic mass is 19.1. The minimum Gasteiger partial charge on any atom is -0.349 e. The minimum absolute atomic E-state index is 0.293. The summed E-state index contributed by atoms with van der Waals surface area (Å²) in [4.78, 5) is 18.4. The number of H-pyrrole nitrogens is 1. The van der Waals surface area contributed by atoms with Crippen LogP contribution in [0.3, 0.4) is 0 Å². The van der Waals surface area contributed by atoms with Gasteiger partial charge in [-0.3, -0.25) is 0 Å². The van der Waals surface area contributed by atoms with Gasteiger partial charge in [0.1, 0.15) is 23.3 Å². The molecule has 0 amide bonds. The number of anilines is 1. The van der Waals surface area contributed by atoms with Crippen molar-refractivity contribution in [3.63, 3.8) is 0 Å². The summed E-state index contributed by atoms with van der Waals surface area (Å²) in [5, 5.41) is 4.40. The van der Waals surface area contributed by atoms with Crippen molar-refractivity contribution in [2.24, 2.45) is 0 Å². The second kappa shape index (κ2) is 7.63. The fourth-order valence-electron chi connectivity index (χ4n) is 4.72. The standard InChI is InChI=1S/C25H19F2N7/c1-14-10-20-21(12-19(14)28-2)31-24(30-20)17-13-29-34-9-7-23(32-25(17)34)33-8-3-4-22(33)16-11-15(26)5-6-18(16)27/h5-7,9-13,22H,3-4,8H2,1H3,(H,30,31)/t22-/m1/s1.